The van der Waals surface area contributed by atoms with Gasteiger partial charge in [-0.1, -0.05) is 12.1 Å². The molecule has 0 aliphatic carbocycles. The number of carbonyl (C=O) groups is 2. The molecule has 7 nitrogen and oxygen atoms in total. The van der Waals surface area contributed by atoms with Crippen LogP contribution in [-0.4, -0.2) is 37.1 Å². The van der Waals surface area contributed by atoms with E-state index >= 15 is 0 Å². The molecule has 1 aliphatic heterocycles. The van der Waals surface area contributed by atoms with E-state index in [1.54, 1.807) is 25.4 Å². The first-order valence-corrected chi connectivity index (χ1v) is 9.18. The molecular weight excluding hydrogens is 342 g/mol. The number of nitrogens with one attached hydrogen (secondary N) is 3. The number of pyridine rings is 1. The largest absolute Gasteiger partial charge is 0.357 e. The van der Waals surface area contributed by atoms with Crippen LogP contribution in [0.25, 0.3) is 0 Å². The summed E-state index contributed by atoms with van der Waals surface area (Å²) in [5.74, 6) is 0.848. The molecule has 3 amide bonds. The minimum atomic E-state index is -0.232. The van der Waals surface area contributed by atoms with Gasteiger partial charge in [-0.3, -0.25) is 4.79 Å². The minimum Gasteiger partial charge on any atom is -0.357 e. The van der Waals surface area contributed by atoms with Crippen LogP contribution in [0, 0.1) is 0 Å². The Kier molecular flexibility index (Phi) is 6.25. The van der Waals surface area contributed by atoms with Crippen molar-refractivity contribution < 1.29 is 9.59 Å². The normalized spacial score (nSPS) is 13.3. The van der Waals surface area contributed by atoms with Gasteiger partial charge in [-0.2, -0.15) is 0 Å². The minimum absolute atomic E-state index is 0.127. The van der Waals surface area contributed by atoms with Crippen LogP contribution < -0.4 is 20.9 Å². The van der Waals surface area contributed by atoms with Crippen LogP contribution >= 0.6 is 0 Å². The zero-order chi connectivity index (χ0) is 19.1. The molecule has 1 aromatic carbocycles. The van der Waals surface area contributed by atoms with E-state index < -0.39 is 0 Å². The highest BCUT2D eigenvalue weighted by Gasteiger charge is 2.13. The summed E-state index contributed by atoms with van der Waals surface area (Å²) in [5, 5.41) is 8.27. The second kappa shape index (κ2) is 9.02. The number of carbonyl (C=O) groups excluding carboxylic acids is 2. The van der Waals surface area contributed by atoms with E-state index in [2.05, 4.69) is 25.8 Å². The molecule has 2 heterocycles. The SMILES string of the molecule is CNC(=O)c1ccc(CNC(=O)NCc2ccnc(N3CCCC3)c2)cc1. The van der Waals surface area contributed by atoms with Gasteiger partial charge in [-0.25, -0.2) is 9.78 Å². The molecule has 0 unspecified atom stereocenters. The number of anilines is 1. The Morgan fingerprint density at radius 3 is 2.33 bits per heavy atom. The highest BCUT2D eigenvalue weighted by molar-refractivity contribution is 5.93. The van der Waals surface area contributed by atoms with Crippen molar-refractivity contribution in [3.05, 3.63) is 59.3 Å². The van der Waals surface area contributed by atoms with Gasteiger partial charge in [0.2, 0.25) is 0 Å². The summed E-state index contributed by atoms with van der Waals surface area (Å²) in [6.45, 7) is 2.94. The van der Waals surface area contributed by atoms with Gasteiger partial charge in [0.05, 0.1) is 0 Å². The third-order valence-corrected chi connectivity index (χ3v) is 4.59. The predicted molar refractivity (Wildman–Crippen MR) is 105 cm³/mol. The lowest BCUT2D eigenvalue weighted by molar-refractivity contribution is 0.0963. The lowest BCUT2D eigenvalue weighted by atomic mass is 10.1. The Morgan fingerprint density at radius 2 is 1.67 bits per heavy atom. The molecule has 0 bridgehead atoms. The summed E-state index contributed by atoms with van der Waals surface area (Å²) in [7, 11) is 1.60. The Morgan fingerprint density at radius 1 is 1.00 bits per heavy atom. The van der Waals surface area contributed by atoms with E-state index in [0.29, 0.717) is 18.7 Å². The lowest BCUT2D eigenvalue weighted by Crippen LogP contribution is -2.34. The molecule has 1 fully saturated rings. The third kappa shape index (κ3) is 5.20. The van der Waals surface area contributed by atoms with Crippen LogP contribution in [0.5, 0.6) is 0 Å². The predicted octanol–water partition coefficient (Wildman–Crippen LogP) is 2.04. The standard InChI is InChI=1S/C20H25N5O2/c1-21-19(26)17-6-4-15(5-7-17)13-23-20(27)24-14-16-8-9-22-18(12-16)25-10-2-3-11-25/h4-9,12H,2-3,10-11,13-14H2,1H3,(H,21,26)(H2,23,24,27). The summed E-state index contributed by atoms with van der Waals surface area (Å²) < 4.78 is 0. The summed E-state index contributed by atoms with van der Waals surface area (Å²) in [6, 6.07) is 10.9. The van der Waals surface area contributed by atoms with Gasteiger partial charge < -0.3 is 20.9 Å². The number of hydrogen-bond acceptors (Lipinski definition) is 4. The summed E-state index contributed by atoms with van der Waals surface area (Å²) in [4.78, 5) is 30.2. The summed E-state index contributed by atoms with van der Waals surface area (Å²) in [6.07, 6.45) is 4.20. The fourth-order valence-electron chi connectivity index (χ4n) is 3.04. The van der Waals surface area contributed by atoms with Crippen LogP contribution in [0.2, 0.25) is 0 Å². The molecule has 0 atom stereocenters. The van der Waals surface area contributed by atoms with Gasteiger partial charge in [0, 0.05) is 45.0 Å². The first-order valence-electron chi connectivity index (χ1n) is 9.18. The molecular formula is C20H25N5O2. The summed E-state index contributed by atoms with van der Waals surface area (Å²) in [5.41, 5.74) is 2.55. The van der Waals surface area contributed by atoms with Crippen molar-refractivity contribution in [1.82, 2.24) is 20.9 Å². The molecule has 3 rings (SSSR count). The topological polar surface area (TPSA) is 86.4 Å². The van der Waals surface area contributed by atoms with Gasteiger partial charge in [-0.15, -0.1) is 0 Å². The van der Waals surface area contributed by atoms with Gasteiger partial charge in [0.1, 0.15) is 5.82 Å². The second-order valence-electron chi connectivity index (χ2n) is 6.53. The van der Waals surface area contributed by atoms with E-state index in [0.717, 1.165) is 30.0 Å². The molecule has 0 radical (unpaired) electrons. The van der Waals surface area contributed by atoms with Crippen LogP contribution in [0.4, 0.5) is 10.6 Å². The van der Waals surface area contributed by atoms with Crippen molar-refractivity contribution in [3.8, 4) is 0 Å². The van der Waals surface area contributed by atoms with E-state index in [1.807, 2.05) is 24.3 Å². The number of hydrogen-bond donors (Lipinski definition) is 3. The van der Waals surface area contributed by atoms with Crippen molar-refractivity contribution in [1.29, 1.82) is 0 Å². The molecule has 1 aliphatic rings. The lowest BCUT2D eigenvalue weighted by Gasteiger charge is -2.17. The maximum Gasteiger partial charge on any atom is 0.315 e. The molecule has 3 N–H and O–H groups in total. The van der Waals surface area contributed by atoms with Gasteiger partial charge >= 0.3 is 6.03 Å². The number of urea groups is 1. The van der Waals surface area contributed by atoms with Crippen molar-refractivity contribution in [3.63, 3.8) is 0 Å². The quantitative estimate of drug-likeness (QED) is 0.729. The molecule has 1 saturated heterocycles. The molecule has 2 aromatic rings. The monoisotopic (exact) mass is 367 g/mol. The van der Waals surface area contributed by atoms with Crippen molar-refractivity contribution >= 4 is 17.8 Å². The Labute approximate surface area is 159 Å². The molecule has 0 spiro atoms. The van der Waals surface area contributed by atoms with Crippen LogP contribution in [0.3, 0.4) is 0 Å². The first kappa shape index (κ1) is 18.7. The summed E-state index contributed by atoms with van der Waals surface area (Å²) >= 11 is 0. The highest BCUT2D eigenvalue weighted by Crippen LogP contribution is 2.18. The van der Waals surface area contributed by atoms with Crippen LogP contribution in [-0.2, 0) is 13.1 Å². The van der Waals surface area contributed by atoms with Crippen molar-refractivity contribution in [2.45, 2.75) is 25.9 Å². The molecule has 7 heteroatoms. The zero-order valence-electron chi connectivity index (χ0n) is 15.5. The van der Waals surface area contributed by atoms with Gasteiger partial charge in [-0.05, 0) is 48.2 Å². The fraction of sp³-hybridized carbons (Fsp3) is 0.350. The smallest absolute Gasteiger partial charge is 0.315 e. The Bertz CT molecular complexity index is 785. The van der Waals surface area contributed by atoms with E-state index in [4.69, 9.17) is 0 Å². The van der Waals surface area contributed by atoms with Gasteiger partial charge in [0.15, 0.2) is 0 Å². The van der Waals surface area contributed by atoms with Crippen molar-refractivity contribution in [2.24, 2.45) is 0 Å². The number of amides is 3. The average Bonchev–Trinajstić information content (AvgIpc) is 3.25. The average molecular weight is 367 g/mol. The number of rotatable bonds is 6. The molecule has 0 saturated carbocycles. The number of aromatic nitrogens is 1. The fourth-order valence-corrected chi connectivity index (χ4v) is 3.04. The van der Waals surface area contributed by atoms with Crippen LogP contribution in [0.1, 0.15) is 34.3 Å². The third-order valence-electron chi connectivity index (χ3n) is 4.59. The Hall–Kier alpha value is -3.09. The second-order valence-corrected chi connectivity index (χ2v) is 6.53. The molecule has 27 heavy (non-hydrogen) atoms. The van der Waals surface area contributed by atoms with E-state index in [9.17, 15) is 9.59 Å². The van der Waals surface area contributed by atoms with Crippen LogP contribution in [0.15, 0.2) is 42.6 Å². The number of benzene rings is 1. The Balaban J connectivity index is 1.46. The van der Waals surface area contributed by atoms with Gasteiger partial charge in [0.25, 0.3) is 5.91 Å². The highest BCUT2D eigenvalue weighted by atomic mass is 16.2. The molecule has 1 aromatic heterocycles. The molecule has 142 valence electrons. The maximum atomic E-state index is 12.0. The first-order chi connectivity index (χ1) is 13.2. The van der Waals surface area contributed by atoms with E-state index in [-0.39, 0.29) is 11.9 Å². The number of nitrogens with zero attached hydrogens (tertiary/aromatic N) is 2. The van der Waals surface area contributed by atoms with Crippen molar-refractivity contribution in [2.75, 3.05) is 25.0 Å². The van der Waals surface area contributed by atoms with E-state index in [1.165, 1.54) is 12.8 Å². The zero-order valence-corrected chi connectivity index (χ0v) is 15.5. The maximum absolute atomic E-state index is 12.0.